The van der Waals surface area contributed by atoms with Crippen molar-refractivity contribution in [1.82, 2.24) is 4.90 Å². The first kappa shape index (κ1) is 13.9. The normalized spacial score (nSPS) is 11.7. The fourth-order valence-electron chi connectivity index (χ4n) is 1.38. The summed E-state index contributed by atoms with van der Waals surface area (Å²) in [6, 6.07) is 3.35. The first-order valence-corrected chi connectivity index (χ1v) is 5.27. The summed E-state index contributed by atoms with van der Waals surface area (Å²) in [5.41, 5.74) is 4.37. The second-order valence-corrected chi connectivity index (χ2v) is 3.98. The van der Waals surface area contributed by atoms with E-state index in [1.807, 2.05) is 6.07 Å². The zero-order valence-corrected chi connectivity index (χ0v) is 10.1. The fraction of sp³-hybridized carbons (Fsp3) is 0.333. The van der Waals surface area contributed by atoms with Gasteiger partial charge in [0.1, 0.15) is 17.3 Å². The van der Waals surface area contributed by atoms with Crippen LogP contribution in [0.5, 0.6) is 0 Å². The molecule has 0 spiro atoms. The van der Waals surface area contributed by atoms with Crippen LogP contribution in [0.3, 0.4) is 0 Å². The van der Waals surface area contributed by atoms with Crippen LogP contribution in [0.1, 0.15) is 23.7 Å². The number of anilines is 1. The van der Waals surface area contributed by atoms with E-state index in [2.05, 4.69) is 0 Å². The maximum absolute atomic E-state index is 13.2. The predicted octanol–water partition coefficient (Wildman–Crippen LogP) is 1.92. The van der Waals surface area contributed by atoms with Crippen LogP contribution in [0.25, 0.3) is 0 Å². The van der Waals surface area contributed by atoms with Gasteiger partial charge < -0.3 is 10.6 Å². The Kier molecular flexibility index (Phi) is 4.21. The SMILES string of the molecule is CC(CC#N)N(C)C(=O)c1cc(F)c(N)c(F)c1. The molecule has 0 aliphatic rings. The minimum Gasteiger partial charge on any atom is -0.394 e. The molecule has 4 nitrogen and oxygen atoms in total. The Balaban J connectivity index is 3.01. The van der Waals surface area contributed by atoms with E-state index in [-0.39, 0.29) is 18.0 Å². The Morgan fingerprint density at radius 1 is 1.50 bits per heavy atom. The number of halogens is 2. The lowest BCUT2D eigenvalue weighted by Crippen LogP contribution is -2.35. The number of carbonyl (C=O) groups excluding carboxylic acids is 1. The molecule has 1 unspecified atom stereocenters. The molecule has 0 fully saturated rings. The Hall–Kier alpha value is -2.16. The molecule has 0 aliphatic heterocycles. The average molecular weight is 253 g/mol. The molecule has 1 amide bonds. The minimum atomic E-state index is -0.973. The number of rotatable bonds is 3. The Morgan fingerprint density at radius 2 is 2.00 bits per heavy atom. The number of nitriles is 1. The summed E-state index contributed by atoms with van der Waals surface area (Å²) < 4.78 is 26.4. The third-order valence-electron chi connectivity index (χ3n) is 2.69. The molecule has 1 atom stereocenters. The molecule has 0 radical (unpaired) electrons. The van der Waals surface area contributed by atoms with Crippen molar-refractivity contribution in [2.75, 3.05) is 12.8 Å². The van der Waals surface area contributed by atoms with Crippen molar-refractivity contribution in [3.05, 3.63) is 29.3 Å². The van der Waals surface area contributed by atoms with Crippen LogP contribution in [0.15, 0.2) is 12.1 Å². The number of hydrogen-bond acceptors (Lipinski definition) is 3. The minimum absolute atomic E-state index is 0.133. The van der Waals surface area contributed by atoms with Gasteiger partial charge in [-0.3, -0.25) is 4.79 Å². The molecule has 96 valence electrons. The molecule has 0 heterocycles. The van der Waals surface area contributed by atoms with Crippen LogP contribution >= 0.6 is 0 Å². The van der Waals surface area contributed by atoms with E-state index < -0.39 is 23.2 Å². The van der Waals surface area contributed by atoms with E-state index in [1.165, 1.54) is 11.9 Å². The van der Waals surface area contributed by atoms with Gasteiger partial charge in [0, 0.05) is 18.7 Å². The highest BCUT2D eigenvalue weighted by Crippen LogP contribution is 2.19. The number of nitrogen functional groups attached to an aromatic ring is 1. The molecule has 6 heteroatoms. The smallest absolute Gasteiger partial charge is 0.254 e. The Bertz CT molecular complexity index is 488. The van der Waals surface area contributed by atoms with Crippen LogP contribution in [-0.4, -0.2) is 23.9 Å². The quantitative estimate of drug-likeness (QED) is 0.836. The highest BCUT2D eigenvalue weighted by Gasteiger charge is 2.20. The van der Waals surface area contributed by atoms with Gasteiger partial charge in [0.15, 0.2) is 0 Å². The summed E-state index contributed by atoms with van der Waals surface area (Å²) in [5, 5.41) is 8.54. The summed E-state index contributed by atoms with van der Waals surface area (Å²) >= 11 is 0. The maximum Gasteiger partial charge on any atom is 0.254 e. The average Bonchev–Trinajstić information content (AvgIpc) is 2.33. The zero-order chi connectivity index (χ0) is 13.9. The maximum atomic E-state index is 13.2. The van der Waals surface area contributed by atoms with E-state index in [0.29, 0.717) is 0 Å². The molecule has 1 rings (SSSR count). The molecule has 1 aromatic carbocycles. The molecule has 0 saturated carbocycles. The standard InChI is InChI=1S/C12H13F2N3O/c1-7(3-4-15)17(2)12(18)8-5-9(13)11(16)10(14)6-8/h5-7H,3,16H2,1-2H3. The van der Waals surface area contributed by atoms with E-state index in [0.717, 1.165) is 12.1 Å². The third kappa shape index (κ3) is 2.74. The highest BCUT2D eigenvalue weighted by atomic mass is 19.1. The fourth-order valence-corrected chi connectivity index (χ4v) is 1.38. The molecule has 18 heavy (non-hydrogen) atoms. The van der Waals surface area contributed by atoms with Gasteiger partial charge in [-0.05, 0) is 19.1 Å². The number of carbonyl (C=O) groups is 1. The van der Waals surface area contributed by atoms with E-state index >= 15 is 0 Å². The summed E-state index contributed by atoms with van der Waals surface area (Å²) in [7, 11) is 1.47. The van der Waals surface area contributed by atoms with Crippen molar-refractivity contribution in [2.45, 2.75) is 19.4 Å². The topological polar surface area (TPSA) is 70.1 Å². The van der Waals surface area contributed by atoms with Gasteiger partial charge in [-0.25, -0.2) is 8.78 Å². The molecule has 0 bridgehead atoms. The number of nitrogens with zero attached hydrogens (tertiary/aromatic N) is 2. The van der Waals surface area contributed by atoms with Gasteiger partial charge in [-0.1, -0.05) is 0 Å². The first-order valence-electron chi connectivity index (χ1n) is 5.27. The van der Waals surface area contributed by atoms with Crippen molar-refractivity contribution in [3.63, 3.8) is 0 Å². The van der Waals surface area contributed by atoms with E-state index in [4.69, 9.17) is 11.0 Å². The zero-order valence-electron chi connectivity index (χ0n) is 10.1. The lowest BCUT2D eigenvalue weighted by molar-refractivity contribution is 0.0745. The molecule has 1 aromatic rings. The van der Waals surface area contributed by atoms with Crippen LogP contribution < -0.4 is 5.73 Å². The van der Waals surface area contributed by atoms with Crippen LogP contribution in [0, 0.1) is 23.0 Å². The predicted molar refractivity (Wildman–Crippen MR) is 62.6 cm³/mol. The van der Waals surface area contributed by atoms with Crippen molar-refractivity contribution < 1.29 is 13.6 Å². The summed E-state index contributed by atoms with van der Waals surface area (Å²) in [5.74, 6) is -2.50. The Morgan fingerprint density at radius 3 is 2.44 bits per heavy atom. The lowest BCUT2D eigenvalue weighted by Gasteiger charge is -2.23. The molecular weight excluding hydrogens is 240 g/mol. The van der Waals surface area contributed by atoms with E-state index in [1.54, 1.807) is 6.92 Å². The first-order chi connectivity index (χ1) is 8.38. The number of amides is 1. The van der Waals surface area contributed by atoms with Crippen LogP contribution in [0.2, 0.25) is 0 Å². The van der Waals surface area contributed by atoms with Crippen LogP contribution in [-0.2, 0) is 0 Å². The monoisotopic (exact) mass is 253 g/mol. The van der Waals surface area contributed by atoms with Gasteiger partial charge in [0.05, 0.1) is 12.5 Å². The Labute approximate surface area is 104 Å². The molecule has 0 aliphatic carbocycles. The second-order valence-electron chi connectivity index (χ2n) is 3.98. The van der Waals surface area contributed by atoms with Gasteiger partial charge in [-0.2, -0.15) is 5.26 Å². The highest BCUT2D eigenvalue weighted by molar-refractivity contribution is 5.94. The van der Waals surface area contributed by atoms with Gasteiger partial charge in [0.25, 0.3) is 5.91 Å². The molecule has 0 aromatic heterocycles. The van der Waals surface area contributed by atoms with E-state index in [9.17, 15) is 13.6 Å². The summed E-state index contributed by atoms with van der Waals surface area (Å²) in [6.07, 6.45) is 0.141. The second kappa shape index (κ2) is 5.45. The third-order valence-corrected chi connectivity index (χ3v) is 2.69. The molecule has 2 N–H and O–H groups in total. The van der Waals surface area contributed by atoms with Crippen molar-refractivity contribution in [1.29, 1.82) is 5.26 Å². The van der Waals surface area contributed by atoms with Crippen molar-refractivity contribution in [3.8, 4) is 6.07 Å². The largest absolute Gasteiger partial charge is 0.394 e. The lowest BCUT2D eigenvalue weighted by atomic mass is 10.1. The van der Waals surface area contributed by atoms with Crippen molar-refractivity contribution in [2.24, 2.45) is 0 Å². The number of hydrogen-bond donors (Lipinski definition) is 1. The summed E-state index contributed by atoms with van der Waals surface area (Å²) in [4.78, 5) is 13.2. The molecule has 0 saturated heterocycles. The van der Waals surface area contributed by atoms with Gasteiger partial charge in [-0.15, -0.1) is 0 Å². The van der Waals surface area contributed by atoms with Crippen molar-refractivity contribution >= 4 is 11.6 Å². The molecular formula is C12H13F2N3O. The van der Waals surface area contributed by atoms with Gasteiger partial charge >= 0.3 is 0 Å². The number of nitrogens with two attached hydrogens (primary N) is 1. The summed E-state index contributed by atoms with van der Waals surface area (Å²) in [6.45, 7) is 1.67. The van der Waals surface area contributed by atoms with Crippen LogP contribution in [0.4, 0.5) is 14.5 Å². The number of benzene rings is 1. The van der Waals surface area contributed by atoms with Gasteiger partial charge in [0.2, 0.25) is 0 Å².